The smallest absolute Gasteiger partial charge is 0.322 e. The molecule has 0 unspecified atom stereocenters. The number of para-hydroxylation sites is 1. The molecule has 1 N–H and O–H groups in total. The molecule has 0 aromatic heterocycles. The summed E-state index contributed by atoms with van der Waals surface area (Å²) in [4.78, 5) is 14.5. The summed E-state index contributed by atoms with van der Waals surface area (Å²) in [6.45, 7) is 4.88. The van der Waals surface area contributed by atoms with Gasteiger partial charge in [-0.3, -0.25) is 4.90 Å². The summed E-state index contributed by atoms with van der Waals surface area (Å²) < 4.78 is 0. The van der Waals surface area contributed by atoms with Crippen molar-refractivity contribution in [2.24, 2.45) is 0 Å². The summed E-state index contributed by atoms with van der Waals surface area (Å²) in [7, 11) is 0. The number of hydrogen-bond acceptors (Lipinski definition) is 1. The van der Waals surface area contributed by atoms with Gasteiger partial charge in [0, 0.05) is 17.8 Å². The third-order valence-electron chi connectivity index (χ3n) is 4.20. The highest BCUT2D eigenvalue weighted by Crippen LogP contribution is 2.38. The first kappa shape index (κ1) is 14.6. The number of nitrogens with one attached hydrogen (secondary N) is 1. The van der Waals surface area contributed by atoms with Crippen molar-refractivity contribution < 1.29 is 4.79 Å². The van der Waals surface area contributed by atoms with Crippen molar-refractivity contribution in [2.75, 3.05) is 11.4 Å². The first-order valence-corrected chi connectivity index (χ1v) is 7.78. The number of carbonyl (C=O) groups excluding carboxylic acids is 1. The summed E-state index contributed by atoms with van der Waals surface area (Å²) in [6, 6.07) is 18.4. The quantitative estimate of drug-likeness (QED) is 0.918. The second kappa shape index (κ2) is 5.84. The van der Waals surface area contributed by atoms with Crippen LogP contribution >= 0.6 is 0 Å². The zero-order valence-electron chi connectivity index (χ0n) is 13.2. The van der Waals surface area contributed by atoms with Gasteiger partial charge in [0.2, 0.25) is 0 Å². The lowest BCUT2D eigenvalue weighted by atomic mass is 10.00. The van der Waals surface area contributed by atoms with Crippen LogP contribution in [0.4, 0.5) is 10.5 Å². The number of amides is 2. The van der Waals surface area contributed by atoms with Gasteiger partial charge in [0.05, 0.1) is 0 Å². The highest BCUT2D eigenvalue weighted by molar-refractivity contribution is 5.95. The normalized spacial score (nSPS) is 15.5. The number of anilines is 1. The molecule has 3 rings (SSSR count). The van der Waals surface area contributed by atoms with Gasteiger partial charge in [-0.15, -0.1) is 0 Å². The van der Waals surface area contributed by atoms with Crippen LogP contribution in [0.3, 0.4) is 0 Å². The first-order chi connectivity index (χ1) is 10.6. The number of nitrogens with zero attached hydrogens (tertiary/aromatic N) is 1. The molecule has 0 saturated carbocycles. The van der Waals surface area contributed by atoms with Crippen LogP contribution in [0.25, 0.3) is 0 Å². The number of rotatable bonds is 3. The van der Waals surface area contributed by atoms with Gasteiger partial charge in [0.1, 0.15) is 0 Å². The molecule has 0 radical (unpaired) electrons. The van der Waals surface area contributed by atoms with Gasteiger partial charge in [-0.1, -0.05) is 48.5 Å². The van der Waals surface area contributed by atoms with Crippen LogP contribution in [-0.2, 0) is 12.8 Å². The number of urea groups is 1. The Balaban J connectivity index is 1.67. The molecule has 3 heteroatoms. The molecule has 2 amide bonds. The van der Waals surface area contributed by atoms with Crippen LogP contribution < -0.4 is 10.2 Å². The topological polar surface area (TPSA) is 32.3 Å². The van der Waals surface area contributed by atoms with Crippen molar-refractivity contribution >= 4 is 11.7 Å². The standard InChI is InChI=1S/C19H22N2O/c1-19(2)14-16-10-6-7-11-17(16)21(19)18(22)20-13-12-15-8-4-3-5-9-15/h3-11H,12-14H2,1-2H3,(H,20,22). The van der Waals surface area contributed by atoms with Crippen molar-refractivity contribution in [3.63, 3.8) is 0 Å². The van der Waals surface area contributed by atoms with E-state index in [1.54, 1.807) is 0 Å². The molecular weight excluding hydrogens is 272 g/mol. The Bertz CT molecular complexity index is 664. The first-order valence-electron chi connectivity index (χ1n) is 7.78. The third-order valence-corrected chi connectivity index (χ3v) is 4.20. The van der Waals surface area contributed by atoms with Gasteiger partial charge >= 0.3 is 6.03 Å². The maximum Gasteiger partial charge on any atom is 0.322 e. The Kier molecular flexibility index (Phi) is 3.88. The molecule has 114 valence electrons. The second-order valence-electron chi connectivity index (χ2n) is 6.42. The van der Waals surface area contributed by atoms with Gasteiger partial charge in [0.25, 0.3) is 0 Å². The maximum absolute atomic E-state index is 12.6. The molecule has 2 aromatic carbocycles. The molecule has 1 aliphatic rings. The molecule has 0 spiro atoms. The van der Waals surface area contributed by atoms with E-state index in [2.05, 4.69) is 37.4 Å². The van der Waals surface area contributed by atoms with Gasteiger partial charge in [-0.2, -0.15) is 0 Å². The van der Waals surface area contributed by atoms with Crippen molar-refractivity contribution in [1.82, 2.24) is 5.32 Å². The molecule has 1 heterocycles. The van der Waals surface area contributed by atoms with Crippen molar-refractivity contribution in [1.29, 1.82) is 0 Å². The monoisotopic (exact) mass is 294 g/mol. The molecule has 1 aliphatic heterocycles. The fourth-order valence-corrected chi connectivity index (χ4v) is 3.17. The predicted molar refractivity (Wildman–Crippen MR) is 90.2 cm³/mol. The zero-order chi connectivity index (χ0) is 15.6. The van der Waals surface area contributed by atoms with Crippen LogP contribution in [0.1, 0.15) is 25.0 Å². The third kappa shape index (κ3) is 2.84. The lowest BCUT2D eigenvalue weighted by Gasteiger charge is -2.32. The summed E-state index contributed by atoms with van der Waals surface area (Å²) in [5.41, 5.74) is 3.33. The van der Waals surface area contributed by atoms with E-state index in [0.29, 0.717) is 6.54 Å². The Labute approximate surface area is 132 Å². The zero-order valence-corrected chi connectivity index (χ0v) is 13.2. The van der Waals surface area contributed by atoms with Crippen LogP contribution in [0.5, 0.6) is 0 Å². The van der Waals surface area contributed by atoms with E-state index in [4.69, 9.17) is 0 Å². The maximum atomic E-state index is 12.6. The second-order valence-corrected chi connectivity index (χ2v) is 6.42. The van der Waals surface area contributed by atoms with Gasteiger partial charge < -0.3 is 5.32 Å². The number of carbonyl (C=O) groups is 1. The Morgan fingerprint density at radius 2 is 1.77 bits per heavy atom. The van der Waals surface area contributed by atoms with E-state index in [-0.39, 0.29) is 11.6 Å². The lowest BCUT2D eigenvalue weighted by Crippen LogP contribution is -2.50. The van der Waals surface area contributed by atoms with E-state index < -0.39 is 0 Å². The summed E-state index contributed by atoms with van der Waals surface area (Å²) in [6.07, 6.45) is 1.75. The largest absolute Gasteiger partial charge is 0.337 e. The SMILES string of the molecule is CC1(C)Cc2ccccc2N1C(=O)NCCc1ccccc1. The molecule has 22 heavy (non-hydrogen) atoms. The fraction of sp³-hybridized carbons (Fsp3) is 0.316. The summed E-state index contributed by atoms with van der Waals surface area (Å²) in [5, 5.41) is 3.06. The van der Waals surface area contributed by atoms with E-state index >= 15 is 0 Å². The van der Waals surface area contributed by atoms with Gasteiger partial charge in [-0.25, -0.2) is 4.79 Å². The van der Waals surface area contributed by atoms with Crippen LogP contribution in [0.2, 0.25) is 0 Å². The van der Waals surface area contributed by atoms with Crippen molar-refractivity contribution in [3.05, 3.63) is 65.7 Å². The minimum Gasteiger partial charge on any atom is -0.337 e. The van der Waals surface area contributed by atoms with Gasteiger partial charge in [-0.05, 0) is 43.9 Å². The molecule has 0 fully saturated rings. The van der Waals surface area contributed by atoms with E-state index in [1.165, 1.54) is 11.1 Å². The minimum absolute atomic E-state index is 0.00844. The average Bonchev–Trinajstić information content (AvgIpc) is 2.78. The van der Waals surface area contributed by atoms with Crippen molar-refractivity contribution in [2.45, 2.75) is 32.2 Å². The number of benzene rings is 2. The van der Waals surface area contributed by atoms with E-state index in [1.807, 2.05) is 41.3 Å². The molecule has 0 saturated heterocycles. The Hall–Kier alpha value is -2.29. The number of hydrogen-bond donors (Lipinski definition) is 1. The Morgan fingerprint density at radius 1 is 1.09 bits per heavy atom. The fourth-order valence-electron chi connectivity index (χ4n) is 3.17. The van der Waals surface area contributed by atoms with Crippen molar-refractivity contribution in [3.8, 4) is 0 Å². The number of fused-ring (bicyclic) bond motifs is 1. The summed E-state index contributed by atoms with van der Waals surface area (Å²) >= 11 is 0. The molecule has 2 aromatic rings. The Morgan fingerprint density at radius 3 is 2.55 bits per heavy atom. The molecular formula is C19H22N2O. The van der Waals surface area contributed by atoms with Crippen LogP contribution in [0, 0.1) is 0 Å². The molecule has 3 nitrogen and oxygen atoms in total. The minimum atomic E-state index is -0.180. The average molecular weight is 294 g/mol. The van der Waals surface area contributed by atoms with E-state index in [9.17, 15) is 4.79 Å². The summed E-state index contributed by atoms with van der Waals surface area (Å²) in [5.74, 6) is 0. The molecule has 0 atom stereocenters. The predicted octanol–water partition coefficient (Wildman–Crippen LogP) is 3.78. The van der Waals surface area contributed by atoms with Crippen LogP contribution in [-0.4, -0.2) is 18.1 Å². The lowest BCUT2D eigenvalue weighted by molar-refractivity contribution is 0.241. The molecule has 0 aliphatic carbocycles. The van der Waals surface area contributed by atoms with Crippen LogP contribution in [0.15, 0.2) is 54.6 Å². The highest BCUT2D eigenvalue weighted by atomic mass is 16.2. The highest BCUT2D eigenvalue weighted by Gasteiger charge is 2.39. The van der Waals surface area contributed by atoms with Gasteiger partial charge in [0.15, 0.2) is 0 Å². The molecule has 0 bridgehead atoms. The van der Waals surface area contributed by atoms with E-state index in [0.717, 1.165) is 18.5 Å².